The van der Waals surface area contributed by atoms with Crippen molar-refractivity contribution in [3.8, 4) is 28.7 Å². The van der Waals surface area contributed by atoms with Crippen LogP contribution in [0.5, 0.6) is 28.7 Å². The third-order valence-corrected chi connectivity index (χ3v) is 9.81. The van der Waals surface area contributed by atoms with Gasteiger partial charge in [-0.25, -0.2) is 4.57 Å². The monoisotopic (exact) mass is 780 g/mol. The van der Waals surface area contributed by atoms with Crippen LogP contribution in [0.2, 0.25) is 0 Å². The smallest absolute Gasteiger partial charge is 0.493 e. The Morgan fingerprint density at radius 3 is 2.00 bits per heavy atom. The van der Waals surface area contributed by atoms with Gasteiger partial charge < -0.3 is 78.2 Å². The van der Waals surface area contributed by atoms with E-state index in [1.807, 2.05) is 0 Å². The van der Waals surface area contributed by atoms with Gasteiger partial charge in [0.1, 0.15) is 35.7 Å². The number of phosphoric ester groups is 1. The number of hydrogen-bond acceptors (Lipinski definition) is 21. The highest BCUT2D eigenvalue weighted by Gasteiger charge is 2.70. The van der Waals surface area contributed by atoms with E-state index in [0.717, 1.165) is 38.5 Å². The van der Waals surface area contributed by atoms with Crippen LogP contribution in [0.4, 0.5) is 0 Å². The van der Waals surface area contributed by atoms with E-state index in [-0.39, 0.29) is 5.56 Å². The van der Waals surface area contributed by atoms with Crippen LogP contribution in [-0.2, 0) is 38.6 Å². The minimum atomic E-state index is -5.26. The minimum absolute atomic E-state index is 0.371. The zero-order chi connectivity index (χ0) is 38.8. The van der Waals surface area contributed by atoms with E-state index in [1.165, 1.54) is 6.92 Å². The van der Waals surface area contributed by atoms with Crippen LogP contribution >= 0.6 is 7.82 Å². The average molecular weight is 781 g/mol. The van der Waals surface area contributed by atoms with Gasteiger partial charge in [-0.2, -0.15) is 0 Å². The minimum Gasteiger partial charge on any atom is -0.493 e. The molecule has 0 saturated carbocycles. The number of carbonyl (C=O) groups is 1. The molecule has 2 aromatic rings. The first-order valence-electron chi connectivity index (χ1n) is 15.4. The second-order valence-electron chi connectivity index (χ2n) is 12.7. The van der Waals surface area contributed by atoms with Crippen LogP contribution in [0.3, 0.4) is 0 Å². The topological polar surface area (TPSA) is 349 Å². The van der Waals surface area contributed by atoms with Crippen molar-refractivity contribution in [1.82, 2.24) is 0 Å². The Morgan fingerprint density at radius 1 is 0.811 bits per heavy atom. The van der Waals surface area contributed by atoms with Crippen molar-refractivity contribution in [1.29, 1.82) is 0 Å². The van der Waals surface area contributed by atoms with Crippen molar-refractivity contribution in [3.63, 3.8) is 0 Å². The second-order valence-corrected chi connectivity index (χ2v) is 13.9. The van der Waals surface area contributed by atoms with Gasteiger partial charge in [0.15, 0.2) is 41.7 Å². The van der Waals surface area contributed by atoms with E-state index in [4.69, 9.17) is 47.2 Å². The fourth-order valence-corrected chi connectivity index (χ4v) is 7.74. The van der Waals surface area contributed by atoms with Crippen molar-refractivity contribution in [2.24, 2.45) is 11.8 Å². The zero-order valence-corrected chi connectivity index (χ0v) is 28.2. The predicted molar refractivity (Wildman–Crippen MR) is 157 cm³/mol. The van der Waals surface area contributed by atoms with Crippen LogP contribution < -0.4 is 23.5 Å². The Bertz CT molecular complexity index is 1830. The van der Waals surface area contributed by atoms with Gasteiger partial charge in [-0.15, -0.1) is 0 Å². The summed E-state index contributed by atoms with van der Waals surface area (Å²) in [5.41, 5.74) is -4.06. The highest BCUT2D eigenvalue weighted by Crippen LogP contribution is 2.62. The molecule has 0 radical (unpaired) electrons. The van der Waals surface area contributed by atoms with Gasteiger partial charge in [0.2, 0.25) is 5.75 Å². The molecule has 0 spiro atoms. The molecule has 292 valence electrons. The molecule has 24 heteroatoms. The molecule has 7 rings (SSSR count). The summed E-state index contributed by atoms with van der Waals surface area (Å²) in [6.07, 6.45) is -16.3. The molecule has 0 aromatic heterocycles. The number of benzene rings is 2. The van der Waals surface area contributed by atoms with Gasteiger partial charge in [-0.3, -0.25) is 29.5 Å². The van der Waals surface area contributed by atoms with Crippen LogP contribution in [0.15, 0.2) is 24.3 Å². The van der Waals surface area contributed by atoms with Gasteiger partial charge in [0.05, 0.1) is 20.3 Å². The molecule has 10 atom stereocenters. The maximum Gasteiger partial charge on any atom is 0.525 e. The number of esters is 1. The third-order valence-electron chi connectivity index (χ3n) is 9.39. The van der Waals surface area contributed by atoms with Gasteiger partial charge >= 0.3 is 31.9 Å². The van der Waals surface area contributed by atoms with E-state index >= 15 is 0 Å². The van der Waals surface area contributed by atoms with Crippen molar-refractivity contribution < 1.29 is 112 Å². The first kappa shape index (κ1) is 37.8. The molecule has 23 nitrogen and oxygen atoms in total. The molecule has 0 bridgehead atoms. The van der Waals surface area contributed by atoms with Gasteiger partial charge in [-0.1, -0.05) is 0 Å². The molecule has 0 amide bonds. The first-order valence-corrected chi connectivity index (χ1v) is 16.9. The number of ether oxygens (including phenoxy) is 9. The fourth-order valence-electron chi connectivity index (χ4n) is 7.33. The number of aliphatic hydroxyl groups is 9. The molecule has 10 unspecified atom stereocenters. The molecule has 3 saturated heterocycles. The van der Waals surface area contributed by atoms with Crippen LogP contribution in [-0.4, -0.2) is 131 Å². The van der Waals surface area contributed by atoms with Gasteiger partial charge in [0.25, 0.3) is 0 Å². The quantitative estimate of drug-likeness (QED) is 0.0727. The highest BCUT2D eigenvalue weighted by atomic mass is 31.2. The van der Waals surface area contributed by atoms with Crippen molar-refractivity contribution in [2.45, 2.75) is 73.7 Å². The lowest BCUT2D eigenvalue weighted by Crippen LogP contribution is -2.70. The standard InChI is InChI=1S/C29H33O23P/c1-8-45-22-18(30)19(31)25(47-23(22)28(36,37)48-8)46-20-10-6-12-13(50-29(38,39)49-12)7-11(10)26(33,17-16(20)27(34,35)51-24(17)32)9-4-14(43-2)21(15(5-9)44-3)52-53(40,41)42/h4-8,16-20,22-23,25,30-31,33-39H,1-3H3,(H2,40,41,42). The maximum absolute atomic E-state index is 13.7. The van der Waals surface area contributed by atoms with E-state index in [2.05, 4.69) is 0 Å². The average Bonchev–Trinajstić information content (AvgIpc) is 3.48. The first-order chi connectivity index (χ1) is 24.5. The SMILES string of the molecule is COc1cc(C2(O)c3cc4c(cc3C(OC3OC5C(OC(C)OC5(O)O)C(O)C3O)C3C2C(=O)OC3(O)O)OC(O)(O)O4)cc(OC)c1OP(=O)(O)O. The maximum atomic E-state index is 13.7. The molecule has 53 heavy (non-hydrogen) atoms. The molecule has 1 aliphatic carbocycles. The number of phosphoric acid groups is 1. The molecule has 4 heterocycles. The van der Waals surface area contributed by atoms with Gasteiger partial charge in [0, 0.05) is 0 Å². The lowest BCUT2D eigenvalue weighted by Gasteiger charge is -2.51. The van der Waals surface area contributed by atoms with Crippen molar-refractivity contribution >= 4 is 13.8 Å². The number of hydrogen-bond donors (Lipinski definition) is 11. The summed E-state index contributed by atoms with van der Waals surface area (Å²) in [6, 6.07) is 3.84. The number of aliphatic hydroxyl groups excluding tert-OH is 2. The number of cyclic esters (lactones) is 1. The Balaban J connectivity index is 1.42. The van der Waals surface area contributed by atoms with E-state index in [1.54, 1.807) is 0 Å². The largest absolute Gasteiger partial charge is 0.525 e. The van der Waals surface area contributed by atoms with E-state index < -0.39 is 132 Å². The van der Waals surface area contributed by atoms with Crippen LogP contribution in [0, 0.1) is 11.8 Å². The summed E-state index contributed by atoms with van der Waals surface area (Å²) in [5.74, 6) is -15.0. The lowest BCUT2D eigenvalue weighted by atomic mass is 9.62. The molecular formula is C29H33O23P. The van der Waals surface area contributed by atoms with E-state index in [0.29, 0.717) is 0 Å². The number of methoxy groups -OCH3 is 2. The number of fused-ring (bicyclic) bond motifs is 4. The summed E-state index contributed by atoms with van der Waals surface area (Å²) in [4.78, 5) is 32.7. The van der Waals surface area contributed by atoms with Gasteiger partial charge in [-0.05, 0) is 47.9 Å². The van der Waals surface area contributed by atoms with Crippen LogP contribution in [0.1, 0.15) is 29.7 Å². The van der Waals surface area contributed by atoms with E-state index in [9.17, 15) is 65.1 Å². The van der Waals surface area contributed by atoms with Crippen molar-refractivity contribution in [2.75, 3.05) is 14.2 Å². The lowest BCUT2D eigenvalue weighted by molar-refractivity contribution is -0.498. The molecule has 11 N–H and O–H groups in total. The molecule has 5 aliphatic rings. The summed E-state index contributed by atoms with van der Waals surface area (Å²) in [7, 11) is -3.15. The zero-order valence-electron chi connectivity index (χ0n) is 27.3. The highest BCUT2D eigenvalue weighted by molar-refractivity contribution is 7.46. The normalized spacial score (nSPS) is 36.1. The Hall–Kier alpha value is -3.46. The Labute approximate surface area is 295 Å². The molecular weight excluding hydrogens is 747 g/mol. The summed E-state index contributed by atoms with van der Waals surface area (Å²) in [5, 5.41) is 98.6. The van der Waals surface area contributed by atoms with Crippen molar-refractivity contribution in [3.05, 3.63) is 41.0 Å². The second kappa shape index (κ2) is 12.3. The summed E-state index contributed by atoms with van der Waals surface area (Å²) in [6.45, 7) is 1.26. The fraction of sp³-hybridized carbons (Fsp3) is 0.552. The predicted octanol–water partition coefficient (Wildman–Crippen LogP) is -3.88. The molecule has 4 aliphatic heterocycles. The number of rotatable bonds is 7. The Morgan fingerprint density at radius 2 is 1.42 bits per heavy atom. The number of carbonyl (C=O) groups excluding carboxylic acids is 1. The molecule has 3 fully saturated rings. The third kappa shape index (κ3) is 6.08. The molecule has 2 aromatic carbocycles. The summed E-state index contributed by atoms with van der Waals surface area (Å²) < 4.78 is 63.9. The summed E-state index contributed by atoms with van der Waals surface area (Å²) >= 11 is 0. The Kier molecular flexibility index (Phi) is 8.76. The van der Waals surface area contributed by atoms with Crippen LogP contribution in [0.25, 0.3) is 0 Å².